The van der Waals surface area contributed by atoms with E-state index in [1.807, 2.05) is 20.8 Å². The third-order valence-electron chi connectivity index (χ3n) is 2.81. The maximum atomic E-state index is 11.6. The lowest BCUT2D eigenvalue weighted by molar-refractivity contribution is -0.118. The number of nitrogens with one attached hydrogen (secondary N) is 2. The quantitative estimate of drug-likeness (QED) is 0.746. The van der Waals surface area contributed by atoms with Crippen molar-refractivity contribution in [3.8, 4) is 0 Å². The SMILES string of the molecule is CC[C@H](N)C(=O)Nc1ccc(NC(=O)CC(C)C)cc1. The first kappa shape index (κ1) is 16.2. The molecule has 110 valence electrons. The second kappa shape index (κ2) is 7.65. The van der Waals surface area contributed by atoms with Crippen molar-refractivity contribution < 1.29 is 9.59 Å². The van der Waals surface area contributed by atoms with Crippen molar-refractivity contribution in [3.05, 3.63) is 24.3 Å². The molecule has 0 aliphatic carbocycles. The van der Waals surface area contributed by atoms with E-state index in [4.69, 9.17) is 5.73 Å². The Balaban J connectivity index is 2.56. The molecular weight excluding hydrogens is 254 g/mol. The van der Waals surface area contributed by atoms with Gasteiger partial charge in [0.2, 0.25) is 11.8 Å². The van der Waals surface area contributed by atoms with Gasteiger partial charge in [-0.1, -0.05) is 20.8 Å². The lowest BCUT2D eigenvalue weighted by atomic mass is 10.1. The van der Waals surface area contributed by atoms with E-state index in [9.17, 15) is 9.59 Å². The number of carbonyl (C=O) groups excluding carboxylic acids is 2. The lowest BCUT2D eigenvalue weighted by Gasteiger charge is -2.11. The van der Waals surface area contributed by atoms with Crippen LogP contribution in [0, 0.1) is 5.92 Å². The van der Waals surface area contributed by atoms with Crippen molar-refractivity contribution >= 4 is 23.2 Å². The van der Waals surface area contributed by atoms with Gasteiger partial charge in [0.1, 0.15) is 0 Å². The number of hydrogen-bond donors (Lipinski definition) is 3. The van der Waals surface area contributed by atoms with Gasteiger partial charge in [0, 0.05) is 17.8 Å². The molecule has 5 nitrogen and oxygen atoms in total. The summed E-state index contributed by atoms with van der Waals surface area (Å²) in [5.74, 6) is 0.109. The van der Waals surface area contributed by atoms with Crippen LogP contribution in [-0.2, 0) is 9.59 Å². The van der Waals surface area contributed by atoms with E-state index in [2.05, 4.69) is 10.6 Å². The van der Waals surface area contributed by atoms with E-state index >= 15 is 0 Å². The molecule has 0 aliphatic heterocycles. The van der Waals surface area contributed by atoms with E-state index in [-0.39, 0.29) is 11.8 Å². The molecule has 0 fully saturated rings. The van der Waals surface area contributed by atoms with Gasteiger partial charge in [-0.25, -0.2) is 0 Å². The highest BCUT2D eigenvalue weighted by Gasteiger charge is 2.11. The van der Waals surface area contributed by atoms with Crippen LogP contribution in [0.5, 0.6) is 0 Å². The molecule has 0 aromatic heterocycles. The molecule has 4 N–H and O–H groups in total. The van der Waals surface area contributed by atoms with Crippen LogP contribution < -0.4 is 16.4 Å². The van der Waals surface area contributed by atoms with Crippen molar-refractivity contribution in [1.82, 2.24) is 0 Å². The maximum Gasteiger partial charge on any atom is 0.241 e. The number of anilines is 2. The largest absolute Gasteiger partial charge is 0.326 e. The maximum absolute atomic E-state index is 11.6. The van der Waals surface area contributed by atoms with Crippen LogP contribution in [0.2, 0.25) is 0 Å². The molecule has 1 aromatic carbocycles. The molecule has 5 heteroatoms. The van der Waals surface area contributed by atoms with Crippen LogP contribution >= 0.6 is 0 Å². The molecular formula is C15H23N3O2. The zero-order valence-electron chi connectivity index (χ0n) is 12.3. The van der Waals surface area contributed by atoms with Crippen molar-refractivity contribution in [2.24, 2.45) is 11.7 Å². The zero-order valence-corrected chi connectivity index (χ0v) is 12.3. The molecule has 0 unspecified atom stereocenters. The highest BCUT2D eigenvalue weighted by atomic mass is 16.2. The van der Waals surface area contributed by atoms with Gasteiger partial charge in [-0.2, -0.15) is 0 Å². The van der Waals surface area contributed by atoms with E-state index in [1.54, 1.807) is 24.3 Å². The average molecular weight is 277 g/mol. The third kappa shape index (κ3) is 5.40. The van der Waals surface area contributed by atoms with Crippen LogP contribution in [0.25, 0.3) is 0 Å². The molecule has 1 atom stereocenters. The summed E-state index contributed by atoms with van der Waals surface area (Å²) in [4.78, 5) is 23.2. The topological polar surface area (TPSA) is 84.2 Å². The van der Waals surface area contributed by atoms with Crippen LogP contribution in [0.3, 0.4) is 0 Å². The molecule has 0 radical (unpaired) electrons. The first-order valence-electron chi connectivity index (χ1n) is 6.88. The van der Waals surface area contributed by atoms with Gasteiger partial charge in [-0.3, -0.25) is 9.59 Å². The fraction of sp³-hybridized carbons (Fsp3) is 0.467. The zero-order chi connectivity index (χ0) is 15.1. The Hall–Kier alpha value is -1.88. The van der Waals surface area contributed by atoms with Gasteiger partial charge in [0.25, 0.3) is 0 Å². The Morgan fingerprint density at radius 2 is 1.60 bits per heavy atom. The summed E-state index contributed by atoms with van der Waals surface area (Å²) < 4.78 is 0. The first-order valence-corrected chi connectivity index (χ1v) is 6.88. The summed E-state index contributed by atoms with van der Waals surface area (Å²) in [6.07, 6.45) is 1.08. The second-order valence-corrected chi connectivity index (χ2v) is 5.23. The van der Waals surface area contributed by atoms with Crippen molar-refractivity contribution in [1.29, 1.82) is 0 Å². The Morgan fingerprint density at radius 1 is 1.10 bits per heavy atom. The minimum Gasteiger partial charge on any atom is -0.326 e. The van der Waals surface area contributed by atoms with Gasteiger partial charge in [-0.15, -0.1) is 0 Å². The molecule has 0 saturated carbocycles. The van der Waals surface area contributed by atoms with Crippen LogP contribution in [0.1, 0.15) is 33.6 Å². The lowest BCUT2D eigenvalue weighted by Crippen LogP contribution is -2.34. The Kier molecular flexibility index (Phi) is 6.18. The fourth-order valence-electron chi connectivity index (χ4n) is 1.64. The van der Waals surface area contributed by atoms with Crippen LogP contribution in [-0.4, -0.2) is 17.9 Å². The third-order valence-corrected chi connectivity index (χ3v) is 2.81. The fourth-order valence-corrected chi connectivity index (χ4v) is 1.64. The first-order chi connectivity index (χ1) is 9.42. The van der Waals surface area contributed by atoms with Gasteiger partial charge < -0.3 is 16.4 Å². The van der Waals surface area contributed by atoms with Crippen molar-refractivity contribution in [3.63, 3.8) is 0 Å². The number of rotatable bonds is 6. The standard InChI is InChI=1S/C15H23N3O2/c1-4-13(16)15(20)18-12-7-5-11(6-8-12)17-14(19)9-10(2)3/h5-8,10,13H,4,9,16H2,1-3H3,(H,17,19)(H,18,20)/t13-/m0/s1. The predicted molar refractivity (Wildman–Crippen MR) is 81.4 cm³/mol. The number of carbonyl (C=O) groups is 2. The molecule has 2 amide bonds. The smallest absolute Gasteiger partial charge is 0.241 e. The number of hydrogen-bond acceptors (Lipinski definition) is 3. The number of amides is 2. The molecule has 0 aliphatic rings. The van der Waals surface area contributed by atoms with Gasteiger partial charge >= 0.3 is 0 Å². The van der Waals surface area contributed by atoms with Crippen molar-refractivity contribution in [2.75, 3.05) is 10.6 Å². The molecule has 20 heavy (non-hydrogen) atoms. The Labute approximate surface area is 119 Å². The van der Waals surface area contributed by atoms with Crippen molar-refractivity contribution in [2.45, 2.75) is 39.7 Å². The normalized spacial score (nSPS) is 12.1. The number of benzene rings is 1. The monoisotopic (exact) mass is 277 g/mol. The van der Waals surface area contributed by atoms with Crippen LogP contribution in [0.15, 0.2) is 24.3 Å². The molecule has 1 rings (SSSR count). The molecule has 0 bridgehead atoms. The Bertz CT molecular complexity index is 455. The van der Waals surface area contributed by atoms with Gasteiger partial charge in [-0.05, 0) is 36.6 Å². The summed E-state index contributed by atoms with van der Waals surface area (Å²) in [5, 5.41) is 5.54. The molecule has 1 aromatic rings. The van der Waals surface area contributed by atoms with E-state index < -0.39 is 6.04 Å². The minimum absolute atomic E-state index is 0.00945. The average Bonchev–Trinajstić information content (AvgIpc) is 2.39. The predicted octanol–water partition coefficient (Wildman–Crippen LogP) is 2.35. The van der Waals surface area contributed by atoms with Crippen LogP contribution in [0.4, 0.5) is 11.4 Å². The summed E-state index contributed by atoms with van der Waals surface area (Å²) in [5.41, 5.74) is 7.02. The highest BCUT2D eigenvalue weighted by Crippen LogP contribution is 2.14. The van der Waals surface area contributed by atoms with E-state index in [0.717, 1.165) is 0 Å². The molecule has 0 heterocycles. The van der Waals surface area contributed by atoms with Gasteiger partial charge in [0.05, 0.1) is 6.04 Å². The summed E-state index contributed by atoms with van der Waals surface area (Å²) in [7, 11) is 0. The Morgan fingerprint density at radius 3 is 2.05 bits per heavy atom. The molecule has 0 spiro atoms. The summed E-state index contributed by atoms with van der Waals surface area (Å²) >= 11 is 0. The van der Waals surface area contributed by atoms with E-state index in [0.29, 0.717) is 30.1 Å². The minimum atomic E-state index is -0.500. The summed E-state index contributed by atoms with van der Waals surface area (Å²) in [6, 6.07) is 6.49. The second-order valence-electron chi connectivity index (χ2n) is 5.23. The van der Waals surface area contributed by atoms with Gasteiger partial charge in [0.15, 0.2) is 0 Å². The number of nitrogens with two attached hydrogens (primary N) is 1. The van der Waals surface area contributed by atoms with E-state index in [1.165, 1.54) is 0 Å². The highest BCUT2D eigenvalue weighted by molar-refractivity contribution is 5.95. The molecule has 0 saturated heterocycles. The summed E-state index contributed by atoms with van der Waals surface area (Å²) in [6.45, 7) is 5.85.